The third-order valence-corrected chi connectivity index (χ3v) is 3.56. The van der Waals surface area contributed by atoms with E-state index in [0.717, 1.165) is 22.5 Å². The van der Waals surface area contributed by atoms with Gasteiger partial charge in [-0.2, -0.15) is 5.10 Å². The minimum absolute atomic E-state index is 0.312. The summed E-state index contributed by atoms with van der Waals surface area (Å²) in [4.78, 5) is 0. The molecule has 3 heteroatoms. The SMILES string of the molecule is CC(C)c1nn(-c2ccccc2)c(N)c1-c1ccccc1. The first-order valence-corrected chi connectivity index (χ1v) is 7.17. The first kappa shape index (κ1) is 13.4. The number of anilines is 1. The molecule has 0 spiro atoms. The molecule has 0 aliphatic carbocycles. The molecule has 0 saturated heterocycles. The third kappa shape index (κ3) is 2.42. The Kier molecular flexibility index (Phi) is 3.48. The van der Waals surface area contributed by atoms with E-state index in [0.29, 0.717) is 11.7 Å². The number of hydrogen-bond acceptors (Lipinski definition) is 2. The van der Waals surface area contributed by atoms with Crippen LogP contribution in [0.4, 0.5) is 5.82 Å². The number of nitrogens with two attached hydrogens (primary N) is 1. The van der Waals surface area contributed by atoms with E-state index >= 15 is 0 Å². The summed E-state index contributed by atoms with van der Waals surface area (Å²) in [6, 6.07) is 20.2. The molecule has 0 aliphatic rings. The standard InChI is InChI=1S/C18H19N3/c1-13(2)17-16(14-9-5-3-6-10-14)18(19)21(20-17)15-11-7-4-8-12-15/h3-13H,19H2,1-2H3. The van der Waals surface area contributed by atoms with Crippen molar-refractivity contribution in [3.63, 3.8) is 0 Å². The predicted molar refractivity (Wildman–Crippen MR) is 87.5 cm³/mol. The van der Waals surface area contributed by atoms with Gasteiger partial charge in [-0.15, -0.1) is 0 Å². The third-order valence-electron chi connectivity index (χ3n) is 3.56. The molecule has 0 amide bonds. The van der Waals surface area contributed by atoms with Gasteiger partial charge in [0.05, 0.1) is 11.4 Å². The van der Waals surface area contributed by atoms with Crippen molar-refractivity contribution in [2.45, 2.75) is 19.8 Å². The summed E-state index contributed by atoms with van der Waals surface area (Å²) in [7, 11) is 0. The van der Waals surface area contributed by atoms with E-state index in [1.54, 1.807) is 0 Å². The molecular formula is C18H19N3. The van der Waals surface area contributed by atoms with Gasteiger partial charge in [0.1, 0.15) is 5.82 Å². The molecule has 0 bridgehead atoms. The van der Waals surface area contributed by atoms with Crippen LogP contribution >= 0.6 is 0 Å². The Morgan fingerprint density at radius 1 is 0.905 bits per heavy atom. The molecule has 1 aromatic heterocycles. The molecule has 0 aliphatic heterocycles. The van der Waals surface area contributed by atoms with Crippen molar-refractivity contribution in [3.05, 3.63) is 66.4 Å². The van der Waals surface area contributed by atoms with Gasteiger partial charge in [-0.25, -0.2) is 4.68 Å². The van der Waals surface area contributed by atoms with Gasteiger partial charge in [-0.05, 0) is 23.6 Å². The number of nitrogens with zero attached hydrogens (tertiary/aromatic N) is 2. The van der Waals surface area contributed by atoms with E-state index in [2.05, 4.69) is 26.0 Å². The van der Waals surface area contributed by atoms with Crippen LogP contribution in [-0.2, 0) is 0 Å². The quantitative estimate of drug-likeness (QED) is 0.778. The molecule has 0 fully saturated rings. The second kappa shape index (κ2) is 5.44. The maximum atomic E-state index is 6.41. The first-order valence-electron chi connectivity index (χ1n) is 7.17. The van der Waals surface area contributed by atoms with Crippen molar-refractivity contribution in [3.8, 4) is 16.8 Å². The van der Waals surface area contributed by atoms with E-state index < -0.39 is 0 Å². The van der Waals surface area contributed by atoms with E-state index in [-0.39, 0.29) is 0 Å². The van der Waals surface area contributed by atoms with Crippen LogP contribution in [0.3, 0.4) is 0 Å². The smallest absolute Gasteiger partial charge is 0.135 e. The molecule has 0 atom stereocenters. The molecule has 2 N–H and O–H groups in total. The Morgan fingerprint density at radius 2 is 1.48 bits per heavy atom. The summed E-state index contributed by atoms with van der Waals surface area (Å²) in [5.74, 6) is 1.00. The van der Waals surface area contributed by atoms with Crippen molar-refractivity contribution in [1.82, 2.24) is 9.78 Å². The zero-order chi connectivity index (χ0) is 14.8. The fraction of sp³-hybridized carbons (Fsp3) is 0.167. The Morgan fingerprint density at radius 3 is 2.05 bits per heavy atom. The Balaban J connectivity index is 2.22. The molecule has 3 aromatic rings. The Bertz CT molecular complexity index is 728. The second-order valence-corrected chi connectivity index (χ2v) is 5.41. The fourth-order valence-corrected chi connectivity index (χ4v) is 2.52. The topological polar surface area (TPSA) is 43.8 Å². The van der Waals surface area contributed by atoms with Crippen LogP contribution in [-0.4, -0.2) is 9.78 Å². The molecule has 0 saturated carbocycles. The fourth-order valence-electron chi connectivity index (χ4n) is 2.52. The van der Waals surface area contributed by atoms with E-state index in [1.165, 1.54) is 0 Å². The monoisotopic (exact) mass is 277 g/mol. The lowest BCUT2D eigenvalue weighted by Crippen LogP contribution is -2.02. The molecule has 21 heavy (non-hydrogen) atoms. The van der Waals surface area contributed by atoms with Gasteiger partial charge in [-0.3, -0.25) is 0 Å². The second-order valence-electron chi connectivity index (χ2n) is 5.41. The van der Waals surface area contributed by atoms with E-state index in [4.69, 9.17) is 10.8 Å². The lowest BCUT2D eigenvalue weighted by Gasteiger charge is -2.06. The first-order chi connectivity index (χ1) is 10.2. The van der Waals surface area contributed by atoms with Crippen LogP contribution in [0.15, 0.2) is 60.7 Å². The molecule has 0 unspecified atom stereocenters. The molecule has 0 radical (unpaired) electrons. The van der Waals surface area contributed by atoms with Crippen LogP contribution < -0.4 is 5.73 Å². The van der Waals surface area contributed by atoms with Crippen LogP contribution in [0.2, 0.25) is 0 Å². The Hall–Kier alpha value is -2.55. The van der Waals surface area contributed by atoms with Crippen LogP contribution in [0.25, 0.3) is 16.8 Å². The van der Waals surface area contributed by atoms with E-state index in [1.807, 2.05) is 53.2 Å². The van der Waals surface area contributed by atoms with Gasteiger partial charge >= 0.3 is 0 Å². The lowest BCUT2D eigenvalue weighted by atomic mass is 9.99. The maximum absolute atomic E-state index is 6.41. The minimum atomic E-state index is 0.312. The highest BCUT2D eigenvalue weighted by Crippen LogP contribution is 2.35. The molecular weight excluding hydrogens is 258 g/mol. The number of para-hydroxylation sites is 1. The molecule has 3 rings (SSSR count). The van der Waals surface area contributed by atoms with Crippen LogP contribution in [0.5, 0.6) is 0 Å². The van der Waals surface area contributed by atoms with Gasteiger partial charge in [0.15, 0.2) is 0 Å². The van der Waals surface area contributed by atoms with E-state index in [9.17, 15) is 0 Å². The highest BCUT2D eigenvalue weighted by molar-refractivity contribution is 5.78. The van der Waals surface area contributed by atoms with Crippen LogP contribution in [0, 0.1) is 0 Å². The average Bonchev–Trinajstić information content (AvgIpc) is 2.87. The zero-order valence-electron chi connectivity index (χ0n) is 12.3. The van der Waals surface area contributed by atoms with Gasteiger partial charge < -0.3 is 5.73 Å². The summed E-state index contributed by atoms with van der Waals surface area (Å²) < 4.78 is 1.83. The summed E-state index contributed by atoms with van der Waals surface area (Å²) in [5.41, 5.74) is 10.6. The predicted octanol–water partition coefficient (Wildman–Crippen LogP) is 4.24. The maximum Gasteiger partial charge on any atom is 0.135 e. The summed E-state index contributed by atoms with van der Waals surface area (Å²) in [6.45, 7) is 4.28. The number of hydrogen-bond donors (Lipinski definition) is 1. The highest BCUT2D eigenvalue weighted by atomic mass is 15.3. The van der Waals surface area contributed by atoms with Gasteiger partial charge in [0, 0.05) is 5.56 Å². The Labute approximate surface area is 125 Å². The van der Waals surface area contributed by atoms with Gasteiger partial charge in [-0.1, -0.05) is 62.4 Å². The summed E-state index contributed by atoms with van der Waals surface area (Å²) >= 11 is 0. The number of aromatic nitrogens is 2. The lowest BCUT2D eigenvalue weighted by molar-refractivity contribution is 0.772. The van der Waals surface area contributed by atoms with Crippen LogP contribution in [0.1, 0.15) is 25.5 Å². The number of rotatable bonds is 3. The van der Waals surface area contributed by atoms with Crippen molar-refractivity contribution < 1.29 is 0 Å². The zero-order valence-corrected chi connectivity index (χ0v) is 12.3. The summed E-state index contributed by atoms with van der Waals surface area (Å²) in [5, 5.41) is 4.75. The van der Waals surface area contributed by atoms with Gasteiger partial charge in [0.25, 0.3) is 0 Å². The molecule has 3 nitrogen and oxygen atoms in total. The van der Waals surface area contributed by atoms with Gasteiger partial charge in [0.2, 0.25) is 0 Å². The van der Waals surface area contributed by atoms with Crippen molar-refractivity contribution >= 4 is 5.82 Å². The number of benzene rings is 2. The highest BCUT2D eigenvalue weighted by Gasteiger charge is 2.19. The normalized spacial score (nSPS) is 11.0. The molecule has 2 aromatic carbocycles. The summed E-state index contributed by atoms with van der Waals surface area (Å²) in [6.07, 6.45) is 0. The van der Waals surface area contributed by atoms with Crippen molar-refractivity contribution in [2.24, 2.45) is 0 Å². The van der Waals surface area contributed by atoms with Crippen molar-refractivity contribution in [2.75, 3.05) is 5.73 Å². The molecule has 1 heterocycles. The molecule has 106 valence electrons. The minimum Gasteiger partial charge on any atom is -0.383 e. The average molecular weight is 277 g/mol. The largest absolute Gasteiger partial charge is 0.383 e. The number of nitrogen functional groups attached to an aromatic ring is 1. The van der Waals surface area contributed by atoms with Crippen molar-refractivity contribution in [1.29, 1.82) is 0 Å².